The smallest absolute Gasteiger partial charge is 0.201 e. The van der Waals surface area contributed by atoms with Crippen LogP contribution in [0.25, 0.3) is 4.85 Å². The fraction of sp³-hybridized carbons (Fsp3) is 0.111. The average Bonchev–Trinajstić information content (AvgIpc) is 2.05. The van der Waals surface area contributed by atoms with E-state index < -0.39 is 0 Å². The third-order valence-electron chi connectivity index (χ3n) is 1.45. The topological polar surface area (TPSA) is 21.4 Å². The molecule has 0 aromatic heterocycles. The maximum absolute atomic E-state index is 10.2. The number of aldehydes is 1. The summed E-state index contributed by atoms with van der Waals surface area (Å²) in [6.45, 7) is 6.78. The Morgan fingerprint density at radius 2 is 2.33 bits per heavy atom. The second-order valence-electron chi connectivity index (χ2n) is 2.27. The van der Waals surface area contributed by atoms with Gasteiger partial charge < -0.3 is 4.79 Å². The molecule has 60 valence electrons. The lowest BCUT2D eigenvalue weighted by atomic mass is 10.1. The van der Waals surface area contributed by atoms with E-state index in [2.05, 4.69) is 20.8 Å². The summed E-state index contributed by atoms with van der Waals surface area (Å²) < 4.78 is 0.747. The summed E-state index contributed by atoms with van der Waals surface area (Å²) in [6.07, 6.45) is 1.25. The number of rotatable bonds is 2. The van der Waals surface area contributed by atoms with Gasteiger partial charge in [-0.05, 0) is 5.56 Å². The van der Waals surface area contributed by atoms with Crippen molar-refractivity contribution in [1.29, 1.82) is 0 Å². The molecular weight excluding hydrogens is 218 g/mol. The van der Waals surface area contributed by atoms with E-state index in [1.807, 2.05) is 0 Å². The lowest BCUT2D eigenvalue weighted by Gasteiger charge is -1.97. The van der Waals surface area contributed by atoms with E-state index >= 15 is 0 Å². The summed E-state index contributed by atoms with van der Waals surface area (Å²) >= 11 is 3.25. The molecule has 0 saturated carbocycles. The number of carbonyl (C=O) groups is 1. The maximum atomic E-state index is 10.2. The molecule has 2 nitrogen and oxygen atoms in total. The summed E-state index contributed by atoms with van der Waals surface area (Å²) in [5.74, 6) is 0. The Morgan fingerprint density at radius 1 is 1.58 bits per heavy atom. The van der Waals surface area contributed by atoms with Crippen molar-refractivity contribution in [3.05, 3.63) is 39.7 Å². The molecule has 0 spiro atoms. The van der Waals surface area contributed by atoms with Crippen molar-refractivity contribution < 1.29 is 4.79 Å². The van der Waals surface area contributed by atoms with E-state index in [4.69, 9.17) is 6.57 Å². The van der Waals surface area contributed by atoms with Crippen molar-refractivity contribution in [2.24, 2.45) is 0 Å². The van der Waals surface area contributed by atoms with Crippen LogP contribution in [0.1, 0.15) is 5.56 Å². The Morgan fingerprint density at radius 3 is 2.83 bits per heavy atom. The molecule has 0 radical (unpaired) electrons. The molecule has 0 heterocycles. The minimum atomic E-state index is 0.400. The number of benzene rings is 1. The Balaban J connectivity index is 3.03. The van der Waals surface area contributed by atoms with Gasteiger partial charge in [-0.15, -0.1) is 0 Å². The van der Waals surface area contributed by atoms with E-state index in [1.165, 1.54) is 0 Å². The van der Waals surface area contributed by atoms with Gasteiger partial charge in [0.25, 0.3) is 0 Å². The monoisotopic (exact) mass is 223 g/mol. The molecule has 0 amide bonds. The van der Waals surface area contributed by atoms with Gasteiger partial charge in [-0.25, -0.2) is 4.85 Å². The number of halogens is 1. The fourth-order valence-electron chi connectivity index (χ4n) is 0.864. The third kappa shape index (κ3) is 1.93. The molecule has 0 fully saturated rings. The first-order chi connectivity index (χ1) is 5.77. The van der Waals surface area contributed by atoms with Crippen LogP contribution in [0.2, 0.25) is 0 Å². The zero-order chi connectivity index (χ0) is 8.97. The molecule has 0 aliphatic heterocycles. The molecule has 0 aliphatic carbocycles. The Hall–Kier alpha value is -1.14. The highest BCUT2D eigenvalue weighted by Crippen LogP contribution is 2.26. The van der Waals surface area contributed by atoms with E-state index in [-0.39, 0.29) is 0 Å². The molecule has 0 saturated heterocycles. The van der Waals surface area contributed by atoms with Gasteiger partial charge in [-0.3, -0.25) is 0 Å². The molecule has 3 heteroatoms. The Bertz CT molecular complexity index is 341. The minimum Gasteiger partial charge on any atom is -0.303 e. The summed E-state index contributed by atoms with van der Waals surface area (Å²) in [6, 6.07) is 5.28. The van der Waals surface area contributed by atoms with Gasteiger partial charge in [0, 0.05) is 10.9 Å². The van der Waals surface area contributed by atoms with Crippen molar-refractivity contribution in [2.45, 2.75) is 6.42 Å². The second-order valence-corrected chi connectivity index (χ2v) is 3.12. The highest BCUT2D eigenvalue weighted by atomic mass is 79.9. The van der Waals surface area contributed by atoms with Gasteiger partial charge in [0.15, 0.2) is 0 Å². The first-order valence-corrected chi connectivity index (χ1v) is 4.16. The van der Waals surface area contributed by atoms with Crippen molar-refractivity contribution in [3.8, 4) is 0 Å². The summed E-state index contributed by atoms with van der Waals surface area (Å²) in [5, 5.41) is 0. The summed E-state index contributed by atoms with van der Waals surface area (Å²) in [4.78, 5) is 13.5. The molecule has 12 heavy (non-hydrogen) atoms. The average molecular weight is 224 g/mol. The molecule has 0 atom stereocenters. The number of carbonyl (C=O) groups excluding carboxylic acids is 1. The summed E-state index contributed by atoms with van der Waals surface area (Å²) in [5.41, 5.74) is 1.49. The lowest BCUT2D eigenvalue weighted by Crippen LogP contribution is -1.84. The van der Waals surface area contributed by atoms with Crippen LogP contribution in [0.4, 0.5) is 5.69 Å². The lowest BCUT2D eigenvalue weighted by molar-refractivity contribution is -0.107. The zero-order valence-corrected chi connectivity index (χ0v) is 7.84. The van der Waals surface area contributed by atoms with Crippen molar-refractivity contribution in [3.63, 3.8) is 0 Å². The third-order valence-corrected chi connectivity index (χ3v) is 2.09. The van der Waals surface area contributed by atoms with Gasteiger partial charge in [-0.1, -0.05) is 34.1 Å². The first-order valence-electron chi connectivity index (χ1n) is 3.37. The van der Waals surface area contributed by atoms with Crippen molar-refractivity contribution in [1.82, 2.24) is 0 Å². The van der Waals surface area contributed by atoms with Gasteiger partial charge in [0.05, 0.1) is 6.57 Å². The quantitative estimate of drug-likeness (QED) is 0.559. The Labute approximate surface area is 79.2 Å². The molecule has 1 rings (SSSR count). The van der Waals surface area contributed by atoms with E-state index in [9.17, 15) is 4.79 Å². The van der Waals surface area contributed by atoms with Crippen LogP contribution < -0.4 is 0 Å². The zero-order valence-electron chi connectivity index (χ0n) is 6.25. The fourth-order valence-corrected chi connectivity index (χ4v) is 1.38. The van der Waals surface area contributed by atoms with Crippen LogP contribution in [-0.4, -0.2) is 6.29 Å². The normalized spacial score (nSPS) is 9.00. The largest absolute Gasteiger partial charge is 0.303 e. The number of hydrogen-bond acceptors (Lipinski definition) is 1. The minimum absolute atomic E-state index is 0.400. The predicted molar refractivity (Wildman–Crippen MR) is 50.2 cm³/mol. The van der Waals surface area contributed by atoms with Crippen LogP contribution in [0.5, 0.6) is 0 Å². The SMILES string of the molecule is [C-]#[N+]c1ccc(CC=O)cc1Br. The number of nitrogens with zero attached hydrogens (tertiary/aromatic N) is 1. The molecule has 1 aromatic carbocycles. The summed E-state index contributed by atoms with van der Waals surface area (Å²) in [7, 11) is 0. The molecule has 0 N–H and O–H groups in total. The van der Waals surface area contributed by atoms with Crippen LogP contribution in [0.3, 0.4) is 0 Å². The molecule has 0 aliphatic rings. The standard InChI is InChI=1S/C9H6BrNO/c1-11-9-3-2-7(4-5-12)6-8(9)10/h2-3,5-6H,4H2. The maximum Gasteiger partial charge on any atom is 0.201 e. The van der Waals surface area contributed by atoms with Gasteiger partial charge in [0.1, 0.15) is 6.29 Å². The van der Waals surface area contributed by atoms with Crippen LogP contribution >= 0.6 is 15.9 Å². The van der Waals surface area contributed by atoms with E-state index in [0.29, 0.717) is 12.1 Å². The van der Waals surface area contributed by atoms with Crippen LogP contribution in [-0.2, 0) is 11.2 Å². The van der Waals surface area contributed by atoms with Crippen molar-refractivity contribution >= 4 is 27.9 Å². The van der Waals surface area contributed by atoms with Gasteiger partial charge in [-0.2, -0.15) is 0 Å². The van der Waals surface area contributed by atoms with Gasteiger partial charge in [0.2, 0.25) is 5.69 Å². The van der Waals surface area contributed by atoms with E-state index in [1.54, 1.807) is 18.2 Å². The Kier molecular flexibility index (Phi) is 3.01. The number of hydrogen-bond donors (Lipinski definition) is 0. The molecule has 0 bridgehead atoms. The molecule has 0 unspecified atom stereocenters. The van der Waals surface area contributed by atoms with E-state index in [0.717, 1.165) is 16.3 Å². The highest BCUT2D eigenvalue weighted by Gasteiger charge is 1.99. The van der Waals surface area contributed by atoms with Gasteiger partial charge >= 0.3 is 0 Å². The molecule has 1 aromatic rings. The van der Waals surface area contributed by atoms with Crippen molar-refractivity contribution in [2.75, 3.05) is 0 Å². The van der Waals surface area contributed by atoms with Crippen LogP contribution in [0, 0.1) is 6.57 Å². The highest BCUT2D eigenvalue weighted by molar-refractivity contribution is 9.10. The first kappa shape index (κ1) is 8.95. The molecular formula is C9H6BrNO. The van der Waals surface area contributed by atoms with Crippen LogP contribution in [0.15, 0.2) is 22.7 Å². The predicted octanol–water partition coefficient (Wildman–Crippen LogP) is 2.74. The second kappa shape index (κ2) is 4.03.